The smallest absolute Gasteiger partial charge is 0.344 e. The molecular weight excluding hydrogens is 477 g/mol. The number of halogens is 3. The van der Waals surface area contributed by atoms with Crippen LogP contribution in [0.5, 0.6) is 0 Å². The first-order valence-electron chi connectivity index (χ1n) is 10.9. The molecule has 1 aliphatic rings. The molecule has 2 N–H and O–H groups in total. The molecule has 13 heteroatoms. The first kappa shape index (κ1) is 23.3. The minimum atomic E-state index is -4.49. The molecule has 0 radical (unpaired) electrons. The van der Waals surface area contributed by atoms with Gasteiger partial charge in [0, 0.05) is 31.7 Å². The Hall–Kier alpha value is -4.47. The third kappa shape index (κ3) is 3.90. The second kappa shape index (κ2) is 8.33. The van der Waals surface area contributed by atoms with Crippen LogP contribution in [0, 0.1) is 17.2 Å². The molecule has 184 valence electrons. The van der Waals surface area contributed by atoms with Gasteiger partial charge >= 0.3 is 6.18 Å². The molecule has 4 aromatic rings. The van der Waals surface area contributed by atoms with Gasteiger partial charge in [-0.3, -0.25) is 14.3 Å². The second-order valence-electron chi connectivity index (χ2n) is 8.62. The van der Waals surface area contributed by atoms with Gasteiger partial charge in [0.1, 0.15) is 22.9 Å². The van der Waals surface area contributed by atoms with Crippen LogP contribution in [-0.4, -0.2) is 60.6 Å². The number of aryl methyl sites for hydroxylation is 1. The number of hydrogen-bond donors (Lipinski definition) is 2. The lowest BCUT2D eigenvalue weighted by Gasteiger charge is -2.37. The first-order chi connectivity index (χ1) is 17.1. The molecule has 5 rings (SSSR count). The first-order valence-corrected chi connectivity index (χ1v) is 10.9. The number of likely N-dealkylation sites (tertiary alicyclic amines) is 1. The summed E-state index contributed by atoms with van der Waals surface area (Å²) in [7, 11) is 1.53. The van der Waals surface area contributed by atoms with E-state index in [-0.39, 0.29) is 34.1 Å². The fraction of sp³-hybridized carbons (Fsp3) is 0.304. The Morgan fingerprint density at radius 1 is 1.31 bits per heavy atom. The number of carbonyl (C=O) groups is 2. The lowest BCUT2D eigenvalue weighted by Crippen LogP contribution is -2.55. The van der Waals surface area contributed by atoms with E-state index < -0.39 is 23.7 Å². The topological polar surface area (TPSA) is 133 Å². The van der Waals surface area contributed by atoms with E-state index in [2.05, 4.69) is 31.4 Å². The van der Waals surface area contributed by atoms with E-state index in [9.17, 15) is 22.8 Å². The van der Waals surface area contributed by atoms with E-state index >= 15 is 0 Å². The van der Waals surface area contributed by atoms with E-state index in [0.29, 0.717) is 29.8 Å². The highest BCUT2D eigenvalue weighted by atomic mass is 19.4. The van der Waals surface area contributed by atoms with Gasteiger partial charge in [-0.05, 0) is 25.1 Å². The van der Waals surface area contributed by atoms with E-state index in [1.54, 1.807) is 6.92 Å². The van der Waals surface area contributed by atoms with Gasteiger partial charge in [-0.15, -0.1) is 0 Å². The monoisotopic (exact) mass is 496 g/mol. The van der Waals surface area contributed by atoms with E-state index in [1.807, 2.05) is 0 Å². The summed E-state index contributed by atoms with van der Waals surface area (Å²) < 4.78 is 40.8. The average molecular weight is 496 g/mol. The Kier molecular flexibility index (Phi) is 5.39. The number of rotatable bonds is 4. The molecule has 1 atom stereocenters. The Balaban J connectivity index is 1.44. The number of nitriles is 1. The molecular formula is C23H19F3N8O2. The lowest BCUT2D eigenvalue weighted by molar-refractivity contribution is -0.138. The summed E-state index contributed by atoms with van der Waals surface area (Å²) in [4.78, 5) is 38.6. The molecule has 0 bridgehead atoms. The zero-order valence-corrected chi connectivity index (χ0v) is 19.1. The normalized spacial score (nSPS) is 15.1. The maximum absolute atomic E-state index is 13.1. The highest BCUT2D eigenvalue weighted by Gasteiger charge is 2.34. The predicted molar refractivity (Wildman–Crippen MR) is 121 cm³/mol. The van der Waals surface area contributed by atoms with Gasteiger partial charge in [-0.2, -0.15) is 23.5 Å². The molecule has 0 unspecified atom stereocenters. The van der Waals surface area contributed by atoms with Crippen molar-refractivity contribution in [2.24, 2.45) is 13.0 Å². The van der Waals surface area contributed by atoms with Gasteiger partial charge < -0.3 is 15.2 Å². The van der Waals surface area contributed by atoms with Crippen molar-refractivity contribution in [2.45, 2.75) is 19.1 Å². The predicted octanol–water partition coefficient (Wildman–Crippen LogP) is 2.63. The minimum absolute atomic E-state index is 0.150. The fourth-order valence-corrected chi connectivity index (χ4v) is 4.15. The van der Waals surface area contributed by atoms with Crippen LogP contribution in [0.3, 0.4) is 0 Å². The van der Waals surface area contributed by atoms with Crippen LogP contribution in [0.15, 0.2) is 30.6 Å². The molecule has 0 saturated carbocycles. The van der Waals surface area contributed by atoms with Crippen molar-refractivity contribution in [3.05, 3.63) is 41.7 Å². The van der Waals surface area contributed by atoms with Crippen molar-refractivity contribution in [1.29, 1.82) is 5.26 Å². The molecule has 1 aliphatic heterocycles. The number of aromatic nitrogens is 5. The number of carbonyl (C=O) groups excluding carboxylic acids is 2. The highest BCUT2D eigenvalue weighted by molar-refractivity contribution is 6.06. The van der Waals surface area contributed by atoms with Crippen LogP contribution in [0.25, 0.3) is 33.5 Å². The van der Waals surface area contributed by atoms with Gasteiger partial charge in [-0.25, -0.2) is 9.97 Å². The van der Waals surface area contributed by atoms with Crippen LogP contribution in [0.4, 0.5) is 13.2 Å². The summed E-state index contributed by atoms with van der Waals surface area (Å²) in [6.07, 6.45) is -1.65. The van der Waals surface area contributed by atoms with Crippen molar-refractivity contribution >= 4 is 33.9 Å². The number of alkyl halides is 3. The third-order valence-electron chi connectivity index (χ3n) is 6.14. The molecule has 1 saturated heterocycles. The van der Waals surface area contributed by atoms with E-state index in [0.717, 1.165) is 12.1 Å². The third-order valence-corrected chi connectivity index (χ3v) is 6.14. The zero-order chi connectivity index (χ0) is 25.8. The molecule has 0 aliphatic carbocycles. The number of nitrogens with zero attached hydrogens (tertiary/aromatic N) is 6. The Morgan fingerprint density at radius 3 is 2.75 bits per heavy atom. The summed E-state index contributed by atoms with van der Waals surface area (Å²) in [5.41, 5.74) is 0.764. The van der Waals surface area contributed by atoms with Crippen molar-refractivity contribution in [3.8, 4) is 17.5 Å². The Bertz CT molecular complexity index is 1560. The van der Waals surface area contributed by atoms with Crippen molar-refractivity contribution in [3.63, 3.8) is 0 Å². The quantitative estimate of drug-likeness (QED) is 0.446. The molecule has 36 heavy (non-hydrogen) atoms. The molecule has 10 nitrogen and oxygen atoms in total. The molecule has 1 aromatic carbocycles. The molecule has 3 aromatic heterocycles. The van der Waals surface area contributed by atoms with Crippen LogP contribution in [0.2, 0.25) is 0 Å². The number of hydrogen-bond acceptors (Lipinski definition) is 6. The van der Waals surface area contributed by atoms with Crippen LogP contribution in [0.1, 0.15) is 22.8 Å². The molecule has 4 heterocycles. The zero-order valence-electron chi connectivity index (χ0n) is 19.1. The number of benzene rings is 1. The van der Waals surface area contributed by atoms with Crippen LogP contribution < -0.4 is 5.32 Å². The minimum Gasteiger partial charge on any atom is -0.344 e. The summed E-state index contributed by atoms with van der Waals surface area (Å²) >= 11 is 0. The average Bonchev–Trinajstić information content (AvgIpc) is 3.38. The highest BCUT2D eigenvalue weighted by Crippen LogP contribution is 2.34. The maximum Gasteiger partial charge on any atom is 0.416 e. The Morgan fingerprint density at radius 2 is 2.06 bits per heavy atom. The molecule has 0 spiro atoms. The SMILES string of the molecule is C[C@@H](NC(=O)c1c[nH]c2ncc(-c3nn(C)c4cc(C(F)(F)F)ccc34)nc12)C(=O)N1CC(C#N)C1. The maximum atomic E-state index is 13.1. The summed E-state index contributed by atoms with van der Waals surface area (Å²) in [6.45, 7) is 2.22. The van der Waals surface area contributed by atoms with Crippen LogP contribution in [-0.2, 0) is 18.0 Å². The fourth-order valence-electron chi connectivity index (χ4n) is 4.15. The number of amides is 2. The van der Waals surface area contributed by atoms with Crippen LogP contribution >= 0.6 is 0 Å². The number of fused-ring (bicyclic) bond motifs is 2. The number of aromatic amines is 1. The second-order valence-corrected chi connectivity index (χ2v) is 8.62. The standard InChI is InChI=1S/C23H19F3N8O2/c1-11(22(36)34-9-12(6-27)10-34)30-21(35)15-7-28-20-19(15)31-16(8-29-20)18-14-4-3-13(23(24,25)26)5-17(14)33(2)32-18/h3-5,7-8,11-12H,9-10H2,1-2H3,(H,28,29)(H,30,35)/t11-/m1/s1. The number of H-pyrrole nitrogens is 1. The molecule has 2 amide bonds. The lowest BCUT2D eigenvalue weighted by atomic mass is 10.0. The van der Waals surface area contributed by atoms with Crippen molar-refractivity contribution in [2.75, 3.05) is 13.1 Å². The largest absolute Gasteiger partial charge is 0.416 e. The van der Waals surface area contributed by atoms with E-state index in [4.69, 9.17) is 5.26 Å². The van der Waals surface area contributed by atoms with Gasteiger partial charge in [0.05, 0.1) is 34.8 Å². The van der Waals surface area contributed by atoms with Crippen molar-refractivity contribution < 1.29 is 22.8 Å². The Labute approximate surface area is 201 Å². The summed E-state index contributed by atoms with van der Waals surface area (Å²) in [5.74, 6) is -1.03. The van der Waals surface area contributed by atoms with Gasteiger partial charge in [0.2, 0.25) is 5.91 Å². The number of nitrogens with one attached hydrogen (secondary N) is 2. The molecule has 1 fully saturated rings. The summed E-state index contributed by atoms with van der Waals surface area (Å²) in [6, 6.07) is 4.60. The summed E-state index contributed by atoms with van der Waals surface area (Å²) in [5, 5.41) is 16.3. The van der Waals surface area contributed by atoms with Gasteiger partial charge in [0.15, 0.2) is 5.65 Å². The van der Waals surface area contributed by atoms with Crippen molar-refractivity contribution in [1.82, 2.24) is 34.9 Å². The van der Waals surface area contributed by atoms with Gasteiger partial charge in [0.25, 0.3) is 5.91 Å². The van der Waals surface area contributed by atoms with Gasteiger partial charge in [-0.1, -0.05) is 0 Å². The van der Waals surface area contributed by atoms with E-state index in [1.165, 1.54) is 35.1 Å².